The van der Waals surface area contributed by atoms with E-state index in [0.29, 0.717) is 0 Å². The monoisotopic (exact) mass is 151 g/mol. The van der Waals surface area contributed by atoms with Crippen molar-refractivity contribution in [2.24, 2.45) is 0 Å². The molecule has 1 aromatic rings. The third-order valence-corrected chi connectivity index (χ3v) is 1.85. The maximum Gasteiger partial charge on any atom is 0.0543 e. The van der Waals surface area contributed by atoms with Gasteiger partial charge in [0.25, 0.3) is 0 Å². The molecule has 0 fully saturated rings. The summed E-state index contributed by atoms with van der Waals surface area (Å²) in [5.74, 6) is 0. The number of benzene rings is 1. The largest absolute Gasteiger partial charge is 0.316 e. The number of hydrogen-bond donors (Lipinski definition) is 2. The van der Waals surface area contributed by atoms with E-state index in [1.807, 2.05) is 38.1 Å². The summed E-state index contributed by atoms with van der Waals surface area (Å²) < 4.78 is 0. The van der Waals surface area contributed by atoms with E-state index < -0.39 is 0 Å². The van der Waals surface area contributed by atoms with E-state index in [9.17, 15) is 0 Å². The molecule has 0 aliphatic rings. The summed E-state index contributed by atoms with van der Waals surface area (Å²) in [6.45, 7) is 3.95. The van der Waals surface area contributed by atoms with Gasteiger partial charge in [0.05, 0.1) is 6.04 Å². The third-order valence-electron chi connectivity index (χ3n) is 1.85. The van der Waals surface area contributed by atoms with Crippen LogP contribution < -0.4 is 5.48 Å². The van der Waals surface area contributed by atoms with E-state index >= 15 is 0 Å². The zero-order chi connectivity index (χ0) is 8.27. The van der Waals surface area contributed by atoms with E-state index in [4.69, 9.17) is 5.21 Å². The quantitative estimate of drug-likeness (QED) is 0.634. The van der Waals surface area contributed by atoms with Crippen molar-refractivity contribution < 1.29 is 5.21 Å². The maximum absolute atomic E-state index is 8.66. The van der Waals surface area contributed by atoms with Gasteiger partial charge in [-0.05, 0) is 25.0 Å². The first-order valence-corrected chi connectivity index (χ1v) is 3.71. The van der Waals surface area contributed by atoms with Crippen LogP contribution in [0.3, 0.4) is 0 Å². The normalized spacial score (nSPS) is 13.0. The lowest BCUT2D eigenvalue weighted by Crippen LogP contribution is -2.13. The number of aryl methyl sites for hydroxylation is 1. The van der Waals surface area contributed by atoms with Crippen LogP contribution in [0.1, 0.15) is 24.1 Å². The summed E-state index contributed by atoms with van der Waals surface area (Å²) in [7, 11) is 0. The van der Waals surface area contributed by atoms with Gasteiger partial charge in [-0.2, -0.15) is 5.48 Å². The second-order valence-electron chi connectivity index (χ2n) is 2.71. The molecule has 60 valence electrons. The molecule has 0 aliphatic heterocycles. The first-order chi connectivity index (χ1) is 5.25. The first-order valence-electron chi connectivity index (χ1n) is 3.71. The average molecular weight is 151 g/mol. The summed E-state index contributed by atoms with van der Waals surface area (Å²) in [5, 5.41) is 8.66. The molecule has 0 spiro atoms. The topological polar surface area (TPSA) is 32.3 Å². The van der Waals surface area contributed by atoms with Crippen LogP contribution in [0.5, 0.6) is 0 Å². The van der Waals surface area contributed by atoms with Gasteiger partial charge in [0.15, 0.2) is 0 Å². The summed E-state index contributed by atoms with van der Waals surface area (Å²) in [6, 6.07) is 8.00. The van der Waals surface area contributed by atoms with Crippen LogP contribution in [0.4, 0.5) is 0 Å². The molecule has 0 aromatic heterocycles. The van der Waals surface area contributed by atoms with Crippen LogP contribution in [0, 0.1) is 6.92 Å². The zero-order valence-electron chi connectivity index (χ0n) is 6.83. The summed E-state index contributed by atoms with van der Waals surface area (Å²) in [4.78, 5) is 0. The maximum atomic E-state index is 8.66. The van der Waals surface area contributed by atoms with Crippen molar-refractivity contribution in [3.05, 3.63) is 35.4 Å². The fraction of sp³-hybridized carbons (Fsp3) is 0.333. The molecule has 0 saturated heterocycles. The van der Waals surface area contributed by atoms with E-state index in [1.54, 1.807) is 0 Å². The highest BCUT2D eigenvalue weighted by atomic mass is 16.5. The SMILES string of the molecule is Cc1ccccc1[C@@H](C)NO. The van der Waals surface area contributed by atoms with Gasteiger partial charge in [-0.15, -0.1) is 0 Å². The lowest BCUT2D eigenvalue weighted by Gasteiger charge is -2.11. The highest BCUT2D eigenvalue weighted by molar-refractivity contribution is 5.27. The van der Waals surface area contributed by atoms with Crippen molar-refractivity contribution in [1.29, 1.82) is 0 Å². The lowest BCUT2D eigenvalue weighted by molar-refractivity contribution is 0.133. The predicted molar refractivity (Wildman–Crippen MR) is 44.5 cm³/mol. The van der Waals surface area contributed by atoms with Crippen molar-refractivity contribution in [1.82, 2.24) is 5.48 Å². The Morgan fingerprint density at radius 2 is 2.00 bits per heavy atom. The van der Waals surface area contributed by atoms with Crippen LogP contribution in [-0.4, -0.2) is 5.21 Å². The Bertz CT molecular complexity index is 235. The van der Waals surface area contributed by atoms with Gasteiger partial charge in [-0.3, -0.25) is 0 Å². The molecule has 0 heterocycles. The van der Waals surface area contributed by atoms with Crippen molar-refractivity contribution >= 4 is 0 Å². The highest BCUT2D eigenvalue weighted by Crippen LogP contribution is 2.15. The molecule has 0 saturated carbocycles. The summed E-state index contributed by atoms with van der Waals surface area (Å²) >= 11 is 0. The van der Waals surface area contributed by atoms with E-state index in [0.717, 1.165) is 5.56 Å². The molecule has 1 aromatic carbocycles. The molecular weight excluding hydrogens is 138 g/mol. The Kier molecular flexibility index (Phi) is 2.63. The molecule has 0 amide bonds. The molecule has 1 rings (SSSR count). The highest BCUT2D eigenvalue weighted by Gasteiger charge is 2.04. The Balaban J connectivity index is 2.93. The predicted octanol–water partition coefficient (Wildman–Crippen LogP) is 2.03. The van der Waals surface area contributed by atoms with E-state index in [2.05, 4.69) is 5.48 Å². The minimum Gasteiger partial charge on any atom is -0.316 e. The number of hydrogen-bond acceptors (Lipinski definition) is 2. The Morgan fingerprint density at radius 1 is 1.36 bits per heavy atom. The molecule has 0 aliphatic carbocycles. The van der Waals surface area contributed by atoms with Gasteiger partial charge in [-0.1, -0.05) is 24.3 Å². The summed E-state index contributed by atoms with van der Waals surface area (Å²) in [6.07, 6.45) is 0. The second-order valence-corrected chi connectivity index (χ2v) is 2.71. The van der Waals surface area contributed by atoms with Gasteiger partial charge in [-0.25, -0.2) is 0 Å². The van der Waals surface area contributed by atoms with E-state index in [-0.39, 0.29) is 6.04 Å². The minimum absolute atomic E-state index is 0.0104. The van der Waals surface area contributed by atoms with Crippen molar-refractivity contribution in [2.45, 2.75) is 19.9 Å². The van der Waals surface area contributed by atoms with Gasteiger partial charge in [0.2, 0.25) is 0 Å². The average Bonchev–Trinajstić information content (AvgIpc) is 2.04. The van der Waals surface area contributed by atoms with Crippen molar-refractivity contribution in [3.8, 4) is 0 Å². The smallest absolute Gasteiger partial charge is 0.0543 e. The number of hydroxylamine groups is 1. The van der Waals surface area contributed by atoms with Gasteiger partial charge in [0.1, 0.15) is 0 Å². The van der Waals surface area contributed by atoms with Crippen LogP contribution in [0.2, 0.25) is 0 Å². The third kappa shape index (κ3) is 1.79. The Labute approximate surface area is 66.8 Å². The van der Waals surface area contributed by atoms with E-state index in [1.165, 1.54) is 5.56 Å². The van der Waals surface area contributed by atoms with Crippen LogP contribution in [0.25, 0.3) is 0 Å². The Morgan fingerprint density at radius 3 is 2.55 bits per heavy atom. The van der Waals surface area contributed by atoms with Gasteiger partial charge in [0, 0.05) is 0 Å². The van der Waals surface area contributed by atoms with Crippen LogP contribution in [-0.2, 0) is 0 Å². The van der Waals surface area contributed by atoms with Crippen molar-refractivity contribution in [2.75, 3.05) is 0 Å². The molecule has 11 heavy (non-hydrogen) atoms. The fourth-order valence-corrected chi connectivity index (χ4v) is 1.14. The second kappa shape index (κ2) is 3.51. The lowest BCUT2D eigenvalue weighted by atomic mass is 10.0. The van der Waals surface area contributed by atoms with Crippen molar-refractivity contribution in [3.63, 3.8) is 0 Å². The van der Waals surface area contributed by atoms with Gasteiger partial charge < -0.3 is 5.21 Å². The fourth-order valence-electron chi connectivity index (χ4n) is 1.14. The number of nitrogens with one attached hydrogen (secondary N) is 1. The molecular formula is C9H13NO. The molecule has 2 N–H and O–H groups in total. The Hall–Kier alpha value is -0.860. The molecule has 0 bridgehead atoms. The number of rotatable bonds is 2. The molecule has 0 unspecified atom stereocenters. The summed E-state index contributed by atoms with van der Waals surface area (Å²) in [5.41, 5.74) is 4.55. The van der Waals surface area contributed by atoms with Crippen LogP contribution >= 0.6 is 0 Å². The van der Waals surface area contributed by atoms with Gasteiger partial charge >= 0.3 is 0 Å². The molecule has 0 radical (unpaired) electrons. The molecule has 2 nitrogen and oxygen atoms in total. The molecule has 1 atom stereocenters. The first kappa shape index (κ1) is 8.24. The molecule has 2 heteroatoms. The standard InChI is InChI=1S/C9H13NO/c1-7-5-3-4-6-9(7)8(2)10-11/h3-6,8,10-11H,1-2H3/t8-/m1/s1. The minimum atomic E-state index is 0.0104. The zero-order valence-corrected chi connectivity index (χ0v) is 6.83. The van der Waals surface area contributed by atoms with Crippen LogP contribution in [0.15, 0.2) is 24.3 Å².